The molecule has 2 aromatic rings. The lowest BCUT2D eigenvalue weighted by Crippen LogP contribution is -2.42. The maximum Gasteiger partial charge on any atom is 0.251 e. The van der Waals surface area contributed by atoms with Crippen LogP contribution in [0.15, 0.2) is 39.9 Å². The fourth-order valence-electron chi connectivity index (χ4n) is 2.22. The fourth-order valence-corrected chi connectivity index (χ4v) is 3.49. The van der Waals surface area contributed by atoms with Crippen LogP contribution >= 0.6 is 51.2 Å². The maximum absolute atomic E-state index is 12.1. The van der Waals surface area contributed by atoms with Crippen molar-refractivity contribution in [2.24, 2.45) is 4.99 Å². The van der Waals surface area contributed by atoms with Crippen molar-refractivity contribution in [3.05, 3.63) is 50.4 Å². The molecule has 1 aromatic heterocycles. The molecule has 0 fully saturated rings. The molecule has 0 aliphatic carbocycles. The highest BCUT2D eigenvalue weighted by atomic mass is 127. The first-order valence-corrected chi connectivity index (χ1v) is 10.1. The Labute approximate surface area is 189 Å². The van der Waals surface area contributed by atoms with Gasteiger partial charge in [-0.1, -0.05) is 28.9 Å². The third kappa shape index (κ3) is 8.56. The predicted octanol–water partition coefficient (Wildman–Crippen LogP) is 3.22. The summed E-state index contributed by atoms with van der Waals surface area (Å²) in [5.41, 5.74) is 0.636. The van der Waals surface area contributed by atoms with Gasteiger partial charge in [0.15, 0.2) is 5.96 Å². The second kappa shape index (κ2) is 13.1. The summed E-state index contributed by atoms with van der Waals surface area (Å²) in [7, 11) is 1.73. The summed E-state index contributed by atoms with van der Waals surface area (Å²) < 4.78 is 0.888. The van der Waals surface area contributed by atoms with Crippen molar-refractivity contribution in [1.82, 2.24) is 20.9 Å². The van der Waals surface area contributed by atoms with Crippen molar-refractivity contribution in [3.63, 3.8) is 0 Å². The molecule has 148 valence electrons. The van der Waals surface area contributed by atoms with Crippen LogP contribution in [-0.4, -0.2) is 43.5 Å². The lowest BCUT2D eigenvalue weighted by atomic mass is 10.2. The number of carbonyl (C=O) groups is 1. The van der Waals surface area contributed by atoms with Gasteiger partial charge in [0.05, 0.1) is 5.01 Å². The van der Waals surface area contributed by atoms with Crippen LogP contribution in [0.25, 0.3) is 0 Å². The third-order valence-electron chi connectivity index (χ3n) is 3.59. The van der Waals surface area contributed by atoms with Gasteiger partial charge in [-0.15, -0.1) is 35.3 Å². The van der Waals surface area contributed by atoms with Crippen LogP contribution in [0.1, 0.15) is 27.2 Å². The zero-order chi connectivity index (χ0) is 18.8. The monoisotopic (exact) mass is 565 g/mol. The highest BCUT2D eigenvalue weighted by Gasteiger charge is 2.05. The van der Waals surface area contributed by atoms with Gasteiger partial charge in [0, 0.05) is 54.2 Å². The van der Waals surface area contributed by atoms with Crippen molar-refractivity contribution < 1.29 is 4.79 Å². The Morgan fingerprint density at radius 1 is 1.22 bits per heavy atom. The largest absolute Gasteiger partial charge is 0.356 e. The molecule has 0 aliphatic rings. The number of amides is 1. The Morgan fingerprint density at radius 3 is 2.63 bits per heavy atom. The average molecular weight is 566 g/mol. The first kappa shape index (κ1) is 23.8. The summed E-state index contributed by atoms with van der Waals surface area (Å²) in [6.45, 7) is 4.01. The van der Waals surface area contributed by atoms with Crippen LogP contribution in [0, 0.1) is 0 Å². The van der Waals surface area contributed by atoms with Crippen LogP contribution < -0.4 is 16.0 Å². The molecule has 3 N–H and O–H groups in total. The van der Waals surface area contributed by atoms with Crippen LogP contribution in [0.2, 0.25) is 0 Å². The van der Waals surface area contributed by atoms with Gasteiger partial charge >= 0.3 is 0 Å². The maximum atomic E-state index is 12.1. The van der Waals surface area contributed by atoms with E-state index < -0.39 is 0 Å². The van der Waals surface area contributed by atoms with E-state index in [9.17, 15) is 4.79 Å². The number of guanidine groups is 1. The van der Waals surface area contributed by atoms with E-state index in [0.29, 0.717) is 24.6 Å². The molecule has 27 heavy (non-hydrogen) atoms. The minimum atomic E-state index is -0.0912. The standard InChI is InChI=1S/C18H24BrN5OS.HI/c1-3-15-12-24-16(26-15)7-8-22-18(20-2)23-10-9-21-17(25)13-5-4-6-14(19)11-13;/h4-6,11-12H,3,7-10H2,1-2H3,(H,21,25)(H2,20,22,23);1H. The topological polar surface area (TPSA) is 78.4 Å². The zero-order valence-corrected chi connectivity index (χ0v) is 20.2. The minimum absolute atomic E-state index is 0. The fraction of sp³-hybridized carbons (Fsp3) is 0.389. The number of rotatable bonds is 8. The second-order valence-corrected chi connectivity index (χ2v) is 7.63. The number of hydrogen-bond acceptors (Lipinski definition) is 4. The summed E-state index contributed by atoms with van der Waals surface area (Å²) in [6, 6.07) is 7.32. The van der Waals surface area contributed by atoms with E-state index in [4.69, 9.17) is 0 Å². The molecule has 1 heterocycles. The van der Waals surface area contributed by atoms with E-state index in [-0.39, 0.29) is 29.9 Å². The molecule has 0 radical (unpaired) electrons. The van der Waals surface area contributed by atoms with Gasteiger partial charge < -0.3 is 16.0 Å². The van der Waals surface area contributed by atoms with Gasteiger partial charge in [0.2, 0.25) is 0 Å². The third-order valence-corrected chi connectivity index (χ3v) is 5.29. The summed E-state index contributed by atoms with van der Waals surface area (Å²) in [4.78, 5) is 22.0. The molecule has 0 saturated heterocycles. The van der Waals surface area contributed by atoms with Gasteiger partial charge in [-0.25, -0.2) is 4.98 Å². The summed E-state index contributed by atoms with van der Waals surface area (Å²) >= 11 is 5.12. The molecule has 1 aromatic carbocycles. The van der Waals surface area contributed by atoms with Crippen LogP contribution in [0.4, 0.5) is 0 Å². The zero-order valence-electron chi connectivity index (χ0n) is 15.4. The second-order valence-electron chi connectivity index (χ2n) is 5.52. The van der Waals surface area contributed by atoms with Crippen LogP contribution in [0.5, 0.6) is 0 Å². The average Bonchev–Trinajstić information content (AvgIpc) is 3.11. The summed E-state index contributed by atoms with van der Waals surface area (Å²) in [5.74, 6) is 0.625. The molecule has 0 saturated carbocycles. The van der Waals surface area contributed by atoms with Crippen molar-refractivity contribution in [2.45, 2.75) is 19.8 Å². The highest BCUT2D eigenvalue weighted by molar-refractivity contribution is 14.0. The Hall–Kier alpha value is -1.20. The van der Waals surface area contributed by atoms with Crippen LogP contribution in [0.3, 0.4) is 0 Å². The van der Waals surface area contributed by atoms with Crippen molar-refractivity contribution >= 4 is 63.1 Å². The number of thiazole rings is 1. The molecule has 0 atom stereocenters. The van der Waals surface area contributed by atoms with E-state index >= 15 is 0 Å². The smallest absolute Gasteiger partial charge is 0.251 e. The van der Waals surface area contributed by atoms with E-state index in [1.54, 1.807) is 30.5 Å². The number of aromatic nitrogens is 1. The van der Waals surface area contributed by atoms with E-state index in [2.05, 4.69) is 48.8 Å². The van der Waals surface area contributed by atoms with E-state index in [1.807, 2.05) is 18.3 Å². The quantitative estimate of drug-likeness (QED) is 0.199. The SMILES string of the molecule is CCc1cnc(CCNC(=NC)NCCNC(=O)c2cccc(Br)c2)s1.I. The Morgan fingerprint density at radius 2 is 1.96 bits per heavy atom. The molecule has 0 aliphatic heterocycles. The first-order chi connectivity index (χ1) is 12.6. The summed E-state index contributed by atoms with van der Waals surface area (Å²) in [5, 5.41) is 10.5. The molecule has 9 heteroatoms. The van der Waals surface area contributed by atoms with Gasteiger partial charge in [0.25, 0.3) is 5.91 Å². The number of nitrogens with one attached hydrogen (secondary N) is 3. The van der Waals surface area contributed by atoms with Crippen molar-refractivity contribution in [1.29, 1.82) is 0 Å². The predicted molar refractivity (Wildman–Crippen MR) is 126 cm³/mol. The van der Waals surface area contributed by atoms with Gasteiger partial charge in [-0.3, -0.25) is 9.79 Å². The Balaban J connectivity index is 0.00000364. The number of aliphatic imine (C=N–C) groups is 1. The Bertz CT molecular complexity index is 753. The molecule has 0 spiro atoms. The van der Waals surface area contributed by atoms with Gasteiger partial charge in [-0.05, 0) is 24.6 Å². The molecule has 0 unspecified atom stereocenters. The number of nitrogens with zero attached hydrogens (tertiary/aromatic N) is 2. The molecule has 2 rings (SSSR count). The van der Waals surface area contributed by atoms with Crippen molar-refractivity contribution in [2.75, 3.05) is 26.7 Å². The first-order valence-electron chi connectivity index (χ1n) is 8.54. The molecular weight excluding hydrogens is 541 g/mol. The molecule has 6 nitrogen and oxygen atoms in total. The number of carbonyl (C=O) groups excluding carboxylic acids is 1. The number of benzene rings is 1. The Kier molecular flexibility index (Phi) is 11.5. The van der Waals surface area contributed by atoms with E-state index in [1.165, 1.54) is 4.88 Å². The molecule has 1 amide bonds. The lowest BCUT2D eigenvalue weighted by Gasteiger charge is -2.12. The number of hydrogen-bond donors (Lipinski definition) is 3. The van der Waals surface area contributed by atoms with E-state index in [0.717, 1.165) is 28.9 Å². The minimum Gasteiger partial charge on any atom is -0.356 e. The number of aryl methyl sites for hydroxylation is 1. The van der Waals surface area contributed by atoms with Gasteiger partial charge in [0.1, 0.15) is 0 Å². The normalized spacial score (nSPS) is 10.9. The highest BCUT2D eigenvalue weighted by Crippen LogP contribution is 2.13. The lowest BCUT2D eigenvalue weighted by molar-refractivity contribution is 0.0954. The summed E-state index contributed by atoms with van der Waals surface area (Å²) in [6.07, 6.45) is 3.84. The van der Waals surface area contributed by atoms with Gasteiger partial charge in [-0.2, -0.15) is 0 Å². The molecule has 0 bridgehead atoms. The molecular formula is C18H25BrIN5OS. The van der Waals surface area contributed by atoms with Crippen LogP contribution in [-0.2, 0) is 12.8 Å². The number of halogens is 2. The van der Waals surface area contributed by atoms with Crippen molar-refractivity contribution in [3.8, 4) is 0 Å².